The summed E-state index contributed by atoms with van der Waals surface area (Å²) in [5, 5.41) is 0. The summed E-state index contributed by atoms with van der Waals surface area (Å²) in [6.07, 6.45) is 4.48. The molecule has 5 rings (SSSR count). The van der Waals surface area contributed by atoms with Crippen molar-refractivity contribution in [1.29, 1.82) is 0 Å². The smallest absolute Gasteiger partial charge is 0.282 e. The van der Waals surface area contributed by atoms with Crippen LogP contribution in [0, 0.1) is 11.8 Å². The topological polar surface area (TPSA) is 43.9 Å². The molecule has 0 radical (unpaired) electrons. The summed E-state index contributed by atoms with van der Waals surface area (Å²) in [5.74, 6) is 1.00. The zero-order valence-corrected chi connectivity index (χ0v) is 19.7. The average molecular weight is 444 g/mol. The Bertz CT molecular complexity index is 1040. The molecule has 0 unspecified atom stereocenters. The van der Waals surface area contributed by atoms with E-state index in [1.165, 1.54) is 17.7 Å². The molecule has 0 aromatic heterocycles. The molecule has 172 valence electrons. The number of nitrogens with zero attached hydrogens (tertiary/aromatic N) is 3. The van der Waals surface area contributed by atoms with E-state index in [0.29, 0.717) is 22.9 Å². The van der Waals surface area contributed by atoms with Gasteiger partial charge in [-0.2, -0.15) is 0 Å². The number of hydrogen-bond donors (Lipinski definition) is 0. The predicted octanol–water partition coefficient (Wildman–Crippen LogP) is 4.94. The van der Waals surface area contributed by atoms with Crippen LogP contribution in [-0.4, -0.2) is 42.9 Å². The third-order valence-corrected chi connectivity index (χ3v) is 7.48. The molecular formula is C28H33N3O2. The molecule has 2 amide bonds. The van der Waals surface area contributed by atoms with E-state index in [9.17, 15) is 9.59 Å². The number of imide groups is 1. The quantitative estimate of drug-likeness (QED) is 0.628. The lowest BCUT2D eigenvalue weighted by atomic mass is 9.97. The maximum absolute atomic E-state index is 13.7. The van der Waals surface area contributed by atoms with E-state index in [0.717, 1.165) is 56.2 Å². The third-order valence-electron chi connectivity index (χ3n) is 7.48. The highest BCUT2D eigenvalue weighted by Gasteiger charge is 2.43. The summed E-state index contributed by atoms with van der Waals surface area (Å²) in [4.78, 5) is 33.3. The molecule has 0 atom stereocenters. The number of anilines is 2. The second-order valence-corrected chi connectivity index (χ2v) is 9.89. The van der Waals surface area contributed by atoms with Gasteiger partial charge in [-0.05, 0) is 67.3 Å². The molecule has 33 heavy (non-hydrogen) atoms. The summed E-state index contributed by atoms with van der Waals surface area (Å²) in [7, 11) is 0. The van der Waals surface area contributed by atoms with Gasteiger partial charge in [0.25, 0.3) is 11.8 Å². The lowest BCUT2D eigenvalue weighted by molar-refractivity contribution is -0.120. The van der Waals surface area contributed by atoms with Gasteiger partial charge in [0.2, 0.25) is 0 Å². The number of hydrogen-bond acceptors (Lipinski definition) is 4. The lowest BCUT2D eigenvalue weighted by Gasteiger charge is -2.33. The highest BCUT2D eigenvalue weighted by molar-refractivity contribution is 6.45. The second-order valence-electron chi connectivity index (χ2n) is 9.89. The molecule has 2 aromatic rings. The normalized spacial score (nSPS) is 20.8. The Morgan fingerprint density at radius 2 is 1.15 bits per heavy atom. The molecule has 0 spiro atoms. The molecule has 3 aliphatic rings. The van der Waals surface area contributed by atoms with Crippen molar-refractivity contribution in [2.75, 3.05) is 36.0 Å². The van der Waals surface area contributed by atoms with E-state index in [1.807, 2.05) is 42.5 Å². The van der Waals surface area contributed by atoms with Crippen LogP contribution in [0.2, 0.25) is 0 Å². The van der Waals surface area contributed by atoms with Crippen LogP contribution >= 0.6 is 0 Å². The highest BCUT2D eigenvalue weighted by Crippen LogP contribution is 2.37. The molecule has 0 bridgehead atoms. The second kappa shape index (κ2) is 9.05. The molecule has 2 aromatic carbocycles. The zero-order valence-electron chi connectivity index (χ0n) is 19.7. The van der Waals surface area contributed by atoms with Crippen LogP contribution < -0.4 is 9.80 Å². The first-order chi connectivity index (χ1) is 16.0. The van der Waals surface area contributed by atoms with Crippen molar-refractivity contribution in [2.45, 2.75) is 39.5 Å². The molecule has 5 heteroatoms. The van der Waals surface area contributed by atoms with Crippen LogP contribution in [0.4, 0.5) is 11.4 Å². The van der Waals surface area contributed by atoms with Crippen molar-refractivity contribution >= 4 is 28.8 Å². The Labute approximate surface area is 196 Å². The van der Waals surface area contributed by atoms with E-state index in [4.69, 9.17) is 0 Å². The van der Waals surface area contributed by atoms with Crippen LogP contribution in [0.15, 0.2) is 60.3 Å². The minimum Gasteiger partial charge on any atom is -0.372 e. The Morgan fingerprint density at radius 1 is 0.636 bits per heavy atom. The van der Waals surface area contributed by atoms with Crippen molar-refractivity contribution in [3.63, 3.8) is 0 Å². The Hall–Kier alpha value is -3.08. The van der Waals surface area contributed by atoms with Gasteiger partial charge in [0.15, 0.2) is 0 Å². The minimum atomic E-state index is -0.223. The van der Waals surface area contributed by atoms with Gasteiger partial charge < -0.3 is 9.80 Å². The van der Waals surface area contributed by atoms with Gasteiger partial charge in [-0.25, -0.2) is 4.90 Å². The zero-order chi connectivity index (χ0) is 22.9. The fourth-order valence-corrected chi connectivity index (χ4v) is 5.22. The predicted molar refractivity (Wildman–Crippen MR) is 133 cm³/mol. The van der Waals surface area contributed by atoms with Gasteiger partial charge in [-0.3, -0.25) is 9.59 Å². The van der Waals surface area contributed by atoms with E-state index < -0.39 is 0 Å². The first kappa shape index (κ1) is 21.7. The Kier molecular flexibility index (Phi) is 5.96. The van der Waals surface area contributed by atoms with E-state index in [2.05, 4.69) is 35.8 Å². The van der Waals surface area contributed by atoms with Gasteiger partial charge in [0, 0.05) is 31.9 Å². The van der Waals surface area contributed by atoms with Gasteiger partial charge in [-0.1, -0.05) is 44.2 Å². The van der Waals surface area contributed by atoms with Crippen LogP contribution in [0.3, 0.4) is 0 Å². The minimum absolute atomic E-state index is 0.201. The molecule has 3 aliphatic heterocycles. The van der Waals surface area contributed by atoms with E-state index >= 15 is 0 Å². The molecule has 2 fully saturated rings. The van der Waals surface area contributed by atoms with Crippen molar-refractivity contribution in [3.05, 3.63) is 65.9 Å². The largest absolute Gasteiger partial charge is 0.372 e. The van der Waals surface area contributed by atoms with Crippen molar-refractivity contribution in [1.82, 2.24) is 4.90 Å². The standard InChI is InChI=1S/C28H33N3O2/c1-20-12-16-29(17-13-20)23-8-10-24(11-9-23)31-27(32)25(22-6-4-3-5-7-22)26(28(31)33)30-18-14-21(2)15-19-30/h3-11,20-21H,12-19H2,1-2H3. The highest BCUT2D eigenvalue weighted by atomic mass is 16.2. The van der Waals surface area contributed by atoms with Gasteiger partial charge >= 0.3 is 0 Å². The monoisotopic (exact) mass is 443 g/mol. The lowest BCUT2D eigenvalue weighted by Crippen LogP contribution is -2.38. The van der Waals surface area contributed by atoms with Crippen LogP contribution in [0.1, 0.15) is 45.1 Å². The van der Waals surface area contributed by atoms with Crippen LogP contribution in [0.5, 0.6) is 0 Å². The third kappa shape index (κ3) is 4.17. The molecule has 0 aliphatic carbocycles. The van der Waals surface area contributed by atoms with Gasteiger partial charge in [0.1, 0.15) is 5.70 Å². The summed E-state index contributed by atoms with van der Waals surface area (Å²) >= 11 is 0. The Morgan fingerprint density at radius 3 is 1.73 bits per heavy atom. The molecule has 2 saturated heterocycles. The number of carbonyl (C=O) groups excluding carboxylic acids is 2. The fourth-order valence-electron chi connectivity index (χ4n) is 5.22. The first-order valence-corrected chi connectivity index (χ1v) is 12.3. The van der Waals surface area contributed by atoms with Gasteiger partial charge in [-0.15, -0.1) is 0 Å². The maximum Gasteiger partial charge on any atom is 0.282 e. The molecule has 0 saturated carbocycles. The number of benzene rings is 2. The summed E-state index contributed by atoms with van der Waals surface area (Å²) in [6.45, 7) is 8.29. The first-order valence-electron chi connectivity index (χ1n) is 12.3. The SMILES string of the molecule is CC1CCN(C2=C(c3ccccc3)C(=O)N(c3ccc(N4CCC(C)CC4)cc3)C2=O)CC1. The molecule has 3 heterocycles. The number of rotatable bonds is 4. The maximum atomic E-state index is 13.7. The number of carbonyl (C=O) groups is 2. The number of likely N-dealkylation sites (tertiary alicyclic amines) is 1. The molecule has 0 N–H and O–H groups in total. The summed E-state index contributed by atoms with van der Waals surface area (Å²) in [5.41, 5.74) is 3.71. The summed E-state index contributed by atoms with van der Waals surface area (Å²) < 4.78 is 0. The van der Waals surface area contributed by atoms with Gasteiger partial charge in [0.05, 0.1) is 11.3 Å². The van der Waals surface area contributed by atoms with Crippen LogP contribution in [-0.2, 0) is 9.59 Å². The number of amides is 2. The Balaban J connectivity index is 1.45. The van der Waals surface area contributed by atoms with Crippen LogP contribution in [0.25, 0.3) is 5.57 Å². The van der Waals surface area contributed by atoms with Crippen molar-refractivity contribution in [3.8, 4) is 0 Å². The van der Waals surface area contributed by atoms with Crippen molar-refractivity contribution in [2.24, 2.45) is 11.8 Å². The molecule has 5 nitrogen and oxygen atoms in total. The fraction of sp³-hybridized carbons (Fsp3) is 0.429. The molecular weight excluding hydrogens is 410 g/mol. The summed E-state index contributed by atoms with van der Waals surface area (Å²) in [6, 6.07) is 17.6. The average Bonchev–Trinajstić information content (AvgIpc) is 3.11. The van der Waals surface area contributed by atoms with E-state index in [1.54, 1.807) is 0 Å². The van der Waals surface area contributed by atoms with Crippen molar-refractivity contribution < 1.29 is 9.59 Å². The van der Waals surface area contributed by atoms with E-state index in [-0.39, 0.29) is 11.8 Å². The number of piperidine rings is 2.